The van der Waals surface area contributed by atoms with Crippen molar-refractivity contribution in [3.8, 4) is 11.5 Å². The molecular weight excluding hydrogens is 299 g/mol. The molecule has 1 N–H and O–H groups in total. The Kier molecular flexibility index (Phi) is 3.99. The van der Waals surface area contributed by atoms with Gasteiger partial charge in [0.2, 0.25) is 0 Å². The molecule has 0 spiro atoms. The van der Waals surface area contributed by atoms with Gasteiger partial charge in [0.15, 0.2) is 0 Å². The number of hydrogen-bond donors (Lipinski definition) is 1. The van der Waals surface area contributed by atoms with Crippen LogP contribution in [0, 0.1) is 12.7 Å². The van der Waals surface area contributed by atoms with Crippen molar-refractivity contribution < 1.29 is 14.2 Å². The molecule has 0 radical (unpaired) electrons. The molecule has 0 saturated carbocycles. The second-order valence-electron chi connectivity index (χ2n) is 3.95. The third-order valence-corrected chi connectivity index (χ3v) is 3.12. The molecule has 0 aliphatic rings. The predicted molar refractivity (Wildman–Crippen MR) is 71.3 cm³/mol. The Morgan fingerprint density at radius 1 is 1.17 bits per heavy atom. The summed E-state index contributed by atoms with van der Waals surface area (Å²) >= 11 is 3.24. The van der Waals surface area contributed by atoms with E-state index in [0.717, 1.165) is 5.56 Å². The number of aliphatic hydroxyl groups excluding tert-OH is 1. The van der Waals surface area contributed by atoms with Crippen LogP contribution in [0.5, 0.6) is 11.5 Å². The number of aliphatic hydroxyl groups is 1. The topological polar surface area (TPSA) is 29.5 Å². The minimum Gasteiger partial charge on any atom is -0.456 e. The van der Waals surface area contributed by atoms with Gasteiger partial charge in [0.1, 0.15) is 17.3 Å². The fourth-order valence-corrected chi connectivity index (χ4v) is 2.04. The molecule has 94 valence electrons. The number of halogens is 2. The van der Waals surface area contributed by atoms with Gasteiger partial charge in [0.25, 0.3) is 0 Å². The number of rotatable bonds is 3. The molecule has 2 aromatic rings. The Balaban J connectivity index is 2.33. The van der Waals surface area contributed by atoms with Gasteiger partial charge in [-0.05, 0) is 47.1 Å². The normalized spacial score (nSPS) is 10.4. The van der Waals surface area contributed by atoms with Crippen LogP contribution in [-0.2, 0) is 6.61 Å². The molecule has 2 nitrogen and oxygen atoms in total. The largest absolute Gasteiger partial charge is 0.456 e. The lowest BCUT2D eigenvalue weighted by atomic mass is 10.1. The highest BCUT2D eigenvalue weighted by atomic mass is 79.9. The molecule has 0 aliphatic heterocycles. The van der Waals surface area contributed by atoms with E-state index in [4.69, 9.17) is 4.74 Å². The predicted octanol–water partition coefficient (Wildman–Crippen LogP) is 4.18. The van der Waals surface area contributed by atoms with E-state index >= 15 is 0 Å². The maximum atomic E-state index is 13.0. The summed E-state index contributed by atoms with van der Waals surface area (Å²) in [4.78, 5) is 0. The van der Waals surface area contributed by atoms with E-state index in [1.807, 2.05) is 19.1 Å². The SMILES string of the molecule is Cc1ccc(Oc2ccc(F)cc2Br)c(CO)c1. The van der Waals surface area contributed by atoms with Crippen LogP contribution in [0.15, 0.2) is 40.9 Å². The first-order valence-corrected chi connectivity index (χ1v) is 6.23. The summed E-state index contributed by atoms with van der Waals surface area (Å²) in [6.45, 7) is 1.84. The summed E-state index contributed by atoms with van der Waals surface area (Å²) in [6, 6.07) is 9.74. The number of benzene rings is 2. The Hall–Kier alpha value is -1.39. The van der Waals surface area contributed by atoms with Crippen molar-refractivity contribution in [1.82, 2.24) is 0 Å². The zero-order valence-electron chi connectivity index (χ0n) is 9.78. The van der Waals surface area contributed by atoms with E-state index in [1.54, 1.807) is 12.1 Å². The average Bonchev–Trinajstić information content (AvgIpc) is 2.34. The fourth-order valence-electron chi connectivity index (χ4n) is 1.61. The summed E-state index contributed by atoms with van der Waals surface area (Å²) in [5.41, 5.74) is 1.75. The monoisotopic (exact) mass is 310 g/mol. The molecular formula is C14H12BrFO2. The summed E-state index contributed by atoms with van der Waals surface area (Å²) in [5, 5.41) is 9.28. The summed E-state index contributed by atoms with van der Waals surface area (Å²) in [7, 11) is 0. The third kappa shape index (κ3) is 2.89. The van der Waals surface area contributed by atoms with Crippen molar-refractivity contribution in [2.24, 2.45) is 0 Å². The molecule has 0 amide bonds. The molecule has 0 aromatic heterocycles. The minimum atomic E-state index is -0.333. The second-order valence-corrected chi connectivity index (χ2v) is 4.80. The number of aryl methyl sites for hydroxylation is 1. The molecule has 0 fully saturated rings. The number of ether oxygens (including phenoxy) is 1. The zero-order valence-corrected chi connectivity index (χ0v) is 11.4. The standard InChI is InChI=1S/C14H12BrFO2/c1-9-2-4-13(10(6-9)8-17)18-14-5-3-11(16)7-12(14)15/h2-7,17H,8H2,1H3. The lowest BCUT2D eigenvalue weighted by molar-refractivity contribution is 0.276. The van der Waals surface area contributed by atoms with Gasteiger partial charge in [-0.2, -0.15) is 0 Å². The first-order chi connectivity index (χ1) is 8.60. The minimum absolute atomic E-state index is 0.101. The van der Waals surface area contributed by atoms with Gasteiger partial charge < -0.3 is 9.84 Å². The Morgan fingerprint density at radius 3 is 2.56 bits per heavy atom. The van der Waals surface area contributed by atoms with Crippen LogP contribution in [0.25, 0.3) is 0 Å². The highest BCUT2D eigenvalue weighted by molar-refractivity contribution is 9.10. The third-order valence-electron chi connectivity index (χ3n) is 2.50. The van der Waals surface area contributed by atoms with Gasteiger partial charge in [-0.25, -0.2) is 4.39 Å². The maximum absolute atomic E-state index is 13.0. The molecule has 0 bridgehead atoms. The van der Waals surface area contributed by atoms with Crippen molar-refractivity contribution in [2.45, 2.75) is 13.5 Å². The summed E-state index contributed by atoms with van der Waals surface area (Å²) in [6.07, 6.45) is 0. The van der Waals surface area contributed by atoms with Crippen LogP contribution in [0.3, 0.4) is 0 Å². The van der Waals surface area contributed by atoms with Gasteiger partial charge in [0, 0.05) is 5.56 Å². The van der Waals surface area contributed by atoms with E-state index in [0.29, 0.717) is 21.5 Å². The van der Waals surface area contributed by atoms with Crippen molar-refractivity contribution in [3.63, 3.8) is 0 Å². The fraction of sp³-hybridized carbons (Fsp3) is 0.143. The van der Waals surface area contributed by atoms with Crippen LogP contribution in [0.2, 0.25) is 0 Å². The number of hydrogen-bond acceptors (Lipinski definition) is 2. The molecule has 0 unspecified atom stereocenters. The van der Waals surface area contributed by atoms with E-state index in [2.05, 4.69) is 15.9 Å². The lowest BCUT2D eigenvalue weighted by Crippen LogP contribution is -1.93. The van der Waals surface area contributed by atoms with Crippen LogP contribution < -0.4 is 4.74 Å². The molecule has 0 atom stereocenters. The zero-order chi connectivity index (χ0) is 13.1. The van der Waals surface area contributed by atoms with Crippen molar-refractivity contribution in [2.75, 3.05) is 0 Å². The maximum Gasteiger partial charge on any atom is 0.141 e. The van der Waals surface area contributed by atoms with Gasteiger partial charge in [-0.3, -0.25) is 0 Å². The molecule has 4 heteroatoms. The highest BCUT2D eigenvalue weighted by Crippen LogP contribution is 2.32. The van der Waals surface area contributed by atoms with Crippen molar-refractivity contribution in [1.29, 1.82) is 0 Å². The molecule has 0 aliphatic carbocycles. The highest BCUT2D eigenvalue weighted by Gasteiger charge is 2.08. The van der Waals surface area contributed by atoms with E-state index < -0.39 is 0 Å². The molecule has 18 heavy (non-hydrogen) atoms. The van der Waals surface area contributed by atoms with Gasteiger partial charge in [0.05, 0.1) is 11.1 Å². The second kappa shape index (κ2) is 5.50. The Morgan fingerprint density at radius 2 is 1.89 bits per heavy atom. The Bertz CT molecular complexity index is 570. The lowest BCUT2D eigenvalue weighted by Gasteiger charge is -2.11. The molecule has 2 aromatic carbocycles. The summed E-state index contributed by atoms with van der Waals surface area (Å²) < 4.78 is 19.2. The van der Waals surface area contributed by atoms with Gasteiger partial charge in [-0.15, -0.1) is 0 Å². The van der Waals surface area contributed by atoms with E-state index in [9.17, 15) is 9.50 Å². The van der Waals surface area contributed by atoms with E-state index in [1.165, 1.54) is 12.1 Å². The van der Waals surface area contributed by atoms with Gasteiger partial charge >= 0.3 is 0 Å². The molecule has 2 rings (SSSR count). The first-order valence-electron chi connectivity index (χ1n) is 5.43. The van der Waals surface area contributed by atoms with E-state index in [-0.39, 0.29) is 12.4 Å². The average molecular weight is 311 g/mol. The van der Waals surface area contributed by atoms with Crippen LogP contribution in [-0.4, -0.2) is 5.11 Å². The molecule has 0 saturated heterocycles. The smallest absolute Gasteiger partial charge is 0.141 e. The van der Waals surface area contributed by atoms with Gasteiger partial charge in [-0.1, -0.05) is 17.7 Å². The first kappa shape index (κ1) is 13.1. The van der Waals surface area contributed by atoms with Crippen LogP contribution >= 0.6 is 15.9 Å². The quantitative estimate of drug-likeness (QED) is 0.921. The Labute approximate surface area is 113 Å². The van der Waals surface area contributed by atoms with Crippen LogP contribution in [0.4, 0.5) is 4.39 Å². The van der Waals surface area contributed by atoms with Crippen molar-refractivity contribution in [3.05, 3.63) is 57.8 Å². The summed E-state index contributed by atoms with van der Waals surface area (Å²) in [5.74, 6) is 0.742. The van der Waals surface area contributed by atoms with Crippen LogP contribution in [0.1, 0.15) is 11.1 Å². The molecule has 0 heterocycles. The van der Waals surface area contributed by atoms with Crippen molar-refractivity contribution >= 4 is 15.9 Å².